The summed E-state index contributed by atoms with van der Waals surface area (Å²) in [5.74, 6) is -0.413. The summed E-state index contributed by atoms with van der Waals surface area (Å²) >= 11 is 5.44. The lowest BCUT2D eigenvalue weighted by Gasteiger charge is -1.92. The van der Waals surface area contributed by atoms with E-state index in [2.05, 4.69) is 11.9 Å². The van der Waals surface area contributed by atoms with Crippen LogP contribution in [0.3, 0.4) is 0 Å². The lowest BCUT2D eigenvalue weighted by Crippen LogP contribution is -1.82. The summed E-state index contributed by atoms with van der Waals surface area (Å²) in [7, 11) is 0. The highest BCUT2D eigenvalue weighted by Gasteiger charge is 1.95. The fourth-order valence-electron chi connectivity index (χ4n) is 0.465. The van der Waals surface area contributed by atoms with Gasteiger partial charge in [0.15, 0.2) is 0 Å². The van der Waals surface area contributed by atoms with Crippen molar-refractivity contribution in [2.45, 2.75) is 0 Å². The summed E-state index contributed by atoms with van der Waals surface area (Å²) in [6.45, 7) is 3.45. The maximum atomic E-state index is 12.2. The molecule has 0 aliphatic carbocycles. The molecule has 1 aromatic rings. The summed E-state index contributed by atoms with van der Waals surface area (Å²) in [5, 5.41) is 0.247. The third kappa shape index (κ3) is 1.39. The maximum Gasteiger partial charge on any atom is 0.141 e. The zero-order chi connectivity index (χ0) is 6.85. The van der Waals surface area contributed by atoms with Gasteiger partial charge in [-0.25, -0.2) is 9.37 Å². The van der Waals surface area contributed by atoms with Crippen molar-refractivity contribution in [1.29, 1.82) is 0 Å². The molecule has 0 bridgehead atoms. The van der Waals surface area contributed by atoms with Crippen molar-refractivity contribution in [2.24, 2.45) is 0 Å². The summed E-state index contributed by atoms with van der Waals surface area (Å²) in [6, 6.07) is 1.23. The molecule has 1 heterocycles. The molecule has 0 saturated heterocycles. The molecule has 0 amide bonds. The van der Waals surface area contributed by atoms with Crippen molar-refractivity contribution in [2.75, 3.05) is 0 Å². The van der Waals surface area contributed by atoms with Gasteiger partial charge in [0, 0.05) is 0 Å². The van der Waals surface area contributed by atoms with Gasteiger partial charge in [0.05, 0.1) is 6.20 Å². The van der Waals surface area contributed by atoms with Gasteiger partial charge in [-0.3, -0.25) is 0 Å². The second kappa shape index (κ2) is 2.31. The van der Waals surface area contributed by atoms with E-state index >= 15 is 0 Å². The van der Waals surface area contributed by atoms with Crippen LogP contribution < -0.4 is 0 Å². The van der Waals surface area contributed by atoms with Gasteiger partial charge in [-0.15, -0.1) is 0 Å². The van der Waals surface area contributed by atoms with Gasteiger partial charge >= 0.3 is 0 Å². The minimum Gasteiger partial charge on any atom is -0.241 e. The van der Waals surface area contributed by atoms with Crippen molar-refractivity contribution in [1.82, 2.24) is 4.98 Å². The second-order valence-corrected chi connectivity index (χ2v) is 1.96. The molecule has 0 unspecified atom stereocenters. The van der Waals surface area contributed by atoms with Gasteiger partial charge in [0.1, 0.15) is 11.0 Å². The van der Waals surface area contributed by atoms with Gasteiger partial charge in [0.2, 0.25) is 0 Å². The Balaban J connectivity index is 3.17. The number of nitrogens with zero attached hydrogens (tertiary/aromatic N) is 1. The number of rotatable bonds is 0. The molecular weight excluding hydrogens is 141 g/mol. The number of hydrogen-bond donors (Lipinski definition) is 0. The maximum absolute atomic E-state index is 12.2. The zero-order valence-electron chi connectivity index (χ0n) is 4.56. The van der Waals surface area contributed by atoms with Crippen LogP contribution in [-0.4, -0.2) is 4.98 Å². The van der Waals surface area contributed by atoms with Gasteiger partial charge in [-0.1, -0.05) is 11.6 Å². The number of aromatic nitrogens is 1. The molecule has 1 nitrogen and oxygen atoms in total. The first kappa shape index (κ1) is 6.49. The van der Waals surface area contributed by atoms with Gasteiger partial charge < -0.3 is 0 Å². The third-order valence-corrected chi connectivity index (χ3v) is 1.22. The number of halogens is 2. The predicted octanol–water partition coefficient (Wildman–Crippen LogP) is 2.06. The van der Waals surface area contributed by atoms with Crippen molar-refractivity contribution < 1.29 is 4.39 Å². The fraction of sp³-hybridized carbons (Fsp3) is 0. The van der Waals surface area contributed by atoms with E-state index in [0.29, 0.717) is 5.56 Å². The molecule has 0 aromatic carbocycles. The highest BCUT2D eigenvalue weighted by atomic mass is 35.5. The molecule has 1 aromatic heterocycles. The van der Waals surface area contributed by atoms with Crippen LogP contribution in [0.5, 0.6) is 0 Å². The van der Waals surface area contributed by atoms with E-state index in [1.165, 1.54) is 6.07 Å². The molecule has 0 spiro atoms. The summed E-state index contributed by atoms with van der Waals surface area (Å²) in [5.41, 5.74) is 0.414. The largest absolute Gasteiger partial charge is 0.241 e. The SMILES string of the molecule is [CH2]c1cc(F)cnc1Cl. The van der Waals surface area contributed by atoms with Gasteiger partial charge in [-0.2, -0.15) is 0 Å². The van der Waals surface area contributed by atoms with Crippen molar-refractivity contribution in [3.63, 3.8) is 0 Å². The molecule has 0 aliphatic heterocycles. The monoisotopic (exact) mass is 144 g/mol. The van der Waals surface area contributed by atoms with E-state index in [4.69, 9.17) is 11.6 Å². The van der Waals surface area contributed by atoms with Crippen LogP contribution in [0, 0.1) is 12.7 Å². The van der Waals surface area contributed by atoms with Crippen LogP contribution in [0.2, 0.25) is 5.15 Å². The highest BCUT2D eigenvalue weighted by molar-refractivity contribution is 6.30. The Morgan fingerprint density at radius 2 is 2.33 bits per heavy atom. The summed E-state index contributed by atoms with van der Waals surface area (Å²) in [6.07, 6.45) is 1.05. The van der Waals surface area contributed by atoms with Gasteiger partial charge in [0.25, 0.3) is 0 Å². The number of hydrogen-bond acceptors (Lipinski definition) is 1. The smallest absolute Gasteiger partial charge is 0.141 e. The molecule has 1 radical (unpaired) electrons. The van der Waals surface area contributed by atoms with E-state index < -0.39 is 5.82 Å². The Morgan fingerprint density at radius 1 is 1.67 bits per heavy atom. The second-order valence-electron chi connectivity index (χ2n) is 1.60. The van der Waals surface area contributed by atoms with Crippen LogP contribution in [0.15, 0.2) is 12.3 Å². The van der Waals surface area contributed by atoms with Crippen LogP contribution >= 0.6 is 11.6 Å². The van der Waals surface area contributed by atoms with E-state index in [0.717, 1.165) is 6.20 Å². The molecule has 1 rings (SSSR count). The Hall–Kier alpha value is -0.630. The van der Waals surface area contributed by atoms with E-state index in [1.807, 2.05) is 0 Å². The first-order valence-corrected chi connectivity index (χ1v) is 2.71. The summed E-state index contributed by atoms with van der Waals surface area (Å²) < 4.78 is 12.2. The molecule has 0 saturated carbocycles. The lowest BCUT2D eigenvalue weighted by molar-refractivity contribution is 0.620. The van der Waals surface area contributed by atoms with Crippen LogP contribution in [0.25, 0.3) is 0 Å². The highest BCUT2D eigenvalue weighted by Crippen LogP contribution is 2.10. The molecule has 0 atom stereocenters. The third-order valence-electron chi connectivity index (χ3n) is 0.878. The zero-order valence-corrected chi connectivity index (χ0v) is 5.32. The predicted molar refractivity (Wildman–Crippen MR) is 33.7 cm³/mol. The first-order valence-electron chi connectivity index (χ1n) is 2.33. The standard InChI is InChI=1S/C6H4ClFN/c1-4-2-5(8)3-9-6(4)7/h2-3H,1H2. The van der Waals surface area contributed by atoms with Crippen LogP contribution in [0.4, 0.5) is 4.39 Å². The van der Waals surface area contributed by atoms with Crippen LogP contribution in [0.1, 0.15) is 5.56 Å². The molecular formula is C6H4ClFN. The normalized spacial score (nSPS) is 9.67. The molecule has 0 N–H and O–H groups in total. The Labute approximate surface area is 57.5 Å². The lowest BCUT2D eigenvalue weighted by atomic mass is 10.3. The van der Waals surface area contributed by atoms with Crippen molar-refractivity contribution in [3.05, 3.63) is 35.7 Å². The Morgan fingerprint density at radius 3 is 2.78 bits per heavy atom. The minimum absolute atomic E-state index is 0.247. The topological polar surface area (TPSA) is 12.9 Å². The summed E-state index contributed by atoms with van der Waals surface area (Å²) in [4.78, 5) is 3.51. The first-order chi connectivity index (χ1) is 4.20. The van der Waals surface area contributed by atoms with E-state index in [9.17, 15) is 4.39 Å². The van der Waals surface area contributed by atoms with Crippen LogP contribution in [-0.2, 0) is 0 Å². The molecule has 0 aliphatic rings. The number of pyridine rings is 1. The van der Waals surface area contributed by atoms with E-state index in [-0.39, 0.29) is 5.15 Å². The van der Waals surface area contributed by atoms with Gasteiger partial charge in [-0.05, 0) is 18.6 Å². The molecule has 3 heteroatoms. The average molecular weight is 145 g/mol. The Bertz CT molecular complexity index is 224. The molecule has 47 valence electrons. The molecule has 0 fully saturated rings. The van der Waals surface area contributed by atoms with Crippen molar-refractivity contribution in [3.8, 4) is 0 Å². The van der Waals surface area contributed by atoms with E-state index in [1.54, 1.807) is 0 Å². The minimum atomic E-state index is -0.413. The molecule has 9 heavy (non-hydrogen) atoms. The Kier molecular flexibility index (Phi) is 1.67. The quantitative estimate of drug-likeness (QED) is 0.508. The average Bonchev–Trinajstić information content (AvgIpc) is 1.80. The fourth-order valence-corrected chi connectivity index (χ4v) is 0.568. The van der Waals surface area contributed by atoms with Crippen molar-refractivity contribution >= 4 is 11.6 Å².